The fraction of sp³-hybridized carbons (Fsp3) is 0.0833. The summed E-state index contributed by atoms with van der Waals surface area (Å²) in [5, 5.41) is 21.4. The first-order chi connectivity index (χ1) is 9.22. The van der Waals surface area contributed by atoms with Gasteiger partial charge in [-0.3, -0.25) is 15.2 Å². The Morgan fingerprint density at radius 2 is 2.26 bits per heavy atom. The molecule has 96 valence electrons. The van der Waals surface area contributed by atoms with Crippen LogP contribution in [0.1, 0.15) is 5.76 Å². The summed E-state index contributed by atoms with van der Waals surface area (Å²) in [6.45, 7) is 0.386. The molecule has 0 unspecified atom stereocenters. The zero-order chi connectivity index (χ0) is 13.2. The molecule has 0 fully saturated rings. The maximum Gasteiger partial charge on any atom is 0.433 e. The normalized spacial score (nSPS) is 10.7. The zero-order valence-electron chi connectivity index (χ0n) is 9.79. The number of nitro groups is 1. The highest BCUT2D eigenvalue weighted by atomic mass is 16.6. The summed E-state index contributed by atoms with van der Waals surface area (Å²) in [5.41, 5.74) is 1.85. The summed E-state index contributed by atoms with van der Waals surface area (Å²) in [4.78, 5) is 9.93. The van der Waals surface area contributed by atoms with Crippen LogP contribution in [0.25, 0.3) is 10.9 Å². The lowest BCUT2D eigenvalue weighted by molar-refractivity contribution is -0.402. The highest BCUT2D eigenvalue weighted by Crippen LogP contribution is 2.19. The Labute approximate surface area is 107 Å². The van der Waals surface area contributed by atoms with Crippen molar-refractivity contribution >= 4 is 22.5 Å². The number of rotatable bonds is 4. The van der Waals surface area contributed by atoms with Crippen molar-refractivity contribution in [2.75, 3.05) is 5.32 Å². The van der Waals surface area contributed by atoms with Crippen LogP contribution < -0.4 is 5.32 Å². The average Bonchev–Trinajstić information content (AvgIpc) is 3.04. The molecule has 0 aliphatic carbocycles. The molecule has 1 aromatic carbocycles. The van der Waals surface area contributed by atoms with Crippen LogP contribution in [0.4, 0.5) is 11.6 Å². The molecule has 0 amide bonds. The van der Waals surface area contributed by atoms with Crippen molar-refractivity contribution < 1.29 is 9.34 Å². The Morgan fingerprint density at radius 3 is 3.05 bits per heavy atom. The van der Waals surface area contributed by atoms with Crippen LogP contribution in [0.5, 0.6) is 0 Å². The molecule has 0 atom stereocenters. The van der Waals surface area contributed by atoms with Crippen LogP contribution in [0.2, 0.25) is 0 Å². The molecule has 7 nitrogen and oxygen atoms in total. The van der Waals surface area contributed by atoms with Gasteiger partial charge in [-0.05, 0) is 24.3 Å². The second-order valence-electron chi connectivity index (χ2n) is 4.02. The van der Waals surface area contributed by atoms with Crippen molar-refractivity contribution in [2.45, 2.75) is 6.54 Å². The number of aromatic amines is 1. The second-order valence-corrected chi connectivity index (χ2v) is 4.02. The predicted molar refractivity (Wildman–Crippen MR) is 68.8 cm³/mol. The summed E-state index contributed by atoms with van der Waals surface area (Å²) >= 11 is 0. The SMILES string of the molecule is O=[N+]([O-])c1ccc(CNc2ccc3[nH]ncc3c2)o1. The van der Waals surface area contributed by atoms with E-state index in [2.05, 4.69) is 15.5 Å². The molecule has 0 aliphatic heterocycles. The van der Waals surface area contributed by atoms with Crippen LogP contribution in [0, 0.1) is 10.1 Å². The van der Waals surface area contributed by atoms with Crippen LogP contribution in [-0.4, -0.2) is 15.1 Å². The lowest BCUT2D eigenvalue weighted by Gasteiger charge is -2.03. The molecule has 0 radical (unpaired) electrons. The zero-order valence-corrected chi connectivity index (χ0v) is 9.79. The molecule has 0 spiro atoms. The van der Waals surface area contributed by atoms with E-state index in [9.17, 15) is 10.1 Å². The van der Waals surface area contributed by atoms with E-state index in [1.54, 1.807) is 12.3 Å². The summed E-state index contributed by atoms with van der Waals surface area (Å²) in [5.74, 6) is 0.265. The third-order valence-electron chi connectivity index (χ3n) is 2.73. The summed E-state index contributed by atoms with van der Waals surface area (Å²) < 4.78 is 5.06. The Hall–Kier alpha value is -2.83. The second kappa shape index (κ2) is 4.45. The molecule has 2 heterocycles. The highest BCUT2D eigenvalue weighted by Gasteiger charge is 2.11. The Kier molecular flexibility index (Phi) is 2.64. The minimum atomic E-state index is -0.555. The van der Waals surface area contributed by atoms with Gasteiger partial charge in [0.25, 0.3) is 0 Å². The molecule has 3 rings (SSSR count). The fourth-order valence-corrected chi connectivity index (χ4v) is 1.80. The highest BCUT2D eigenvalue weighted by molar-refractivity contribution is 5.81. The molecule has 7 heteroatoms. The van der Waals surface area contributed by atoms with Gasteiger partial charge in [-0.1, -0.05) is 0 Å². The molecule has 19 heavy (non-hydrogen) atoms. The van der Waals surface area contributed by atoms with Gasteiger partial charge >= 0.3 is 5.88 Å². The smallest absolute Gasteiger partial charge is 0.404 e. The Bertz CT molecular complexity index is 731. The van der Waals surface area contributed by atoms with Gasteiger partial charge in [0.15, 0.2) is 0 Å². The van der Waals surface area contributed by atoms with Gasteiger partial charge in [0.1, 0.15) is 10.7 Å². The van der Waals surface area contributed by atoms with Gasteiger partial charge in [-0.25, -0.2) is 0 Å². The summed E-state index contributed by atoms with van der Waals surface area (Å²) in [6.07, 6.45) is 1.73. The number of benzene rings is 1. The van der Waals surface area contributed by atoms with Crippen LogP contribution in [0.15, 0.2) is 40.9 Å². The van der Waals surface area contributed by atoms with E-state index in [4.69, 9.17) is 4.42 Å². The Balaban J connectivity index is 1.72. The van der Waals surface area contributed by atoms with Crippen LogP contribution >= 0.6 is 0 Å². The van der Waals surface area contributed by atoms with E-state index in [1.165, 1.54) is 6.07 Å². The molecule has 2 aromatic heterocycles. The minimum absolute atomic E-state index is 0.248. The molecule has 0 bridgehead atoms. The van der Waals surface area contributed by atoms with Gasteiger partial charge in [0.2, 0.25) is 0 Å². The number of hydrogen-bond acceptors (Lipinski definition) is 5. The molecule has 2 N–H and O–H groups in total. The van der Waals surface area contributed by atoms with Crippen molar-refractivity contribution in [1.82, 2.24) is 10.2 Å². The van der Waals surface area contributed by atoms with E-state index in [-0.39, 0.29) is 5.88 Å². The average molecular weight is 258 g/mol. The standard InChI is InChI=1S/C12H10N4O3/c17-16(18)12-4-2-10(19-12)7-13-9-1-3-11-8(5-9)6-14-15-11/h1-6,13H,7H2,(H,14,15). The molecule has 3 aromatic rings. The predicted octanol–water partition coefficient (Wildman–Crippen LogP) is 2.68. The van der Waals surface area contributed by atoms with E-state index in [0.717, 1.165) is 16.6 Å². The molecular weight excluding hydrogens is 248 g/mol. The molecule has 0 saturated heterocycles. The Morgan fingerprint density at radius 1 is 1.37 bits per heavy atom. The summed E-state index contributed by atoms with van der Waals surface area (Å²) in [7, 11) is 0. The van der Waals surface area contributed by atoms with Gasteiger partial charge in [0.05, 0.1) is 24.3 Å². The monoisotopic (exact) mass is 258 g/mol. The molecule has 0 aliphatic rings. The van der Waals surface area contributed by atoms with Crippen LogP contribution in [-0.2, 0) is 6.54 Å². The number of hydrogen-bond donors (Lipinski definition) is 2. The third-order valence-corrected chi connectivity index (χ3v) is 2.73. The van der Waals surface area contributed by atoms with Gasteiger partial charge in [0, 0.05) is 11.1 Å². The largest absolute Gasteiger partial charge is 0.433 e. The van der Waals surface area contributed by atoms with Gasteiger partial charge < -0.3 is 9.73 Å². The maximum absolute atomic E-state index is 10.5. The maximum atomic E-state index is 10.5. The van der Waals surface area contributed by atoms with E-state index >= 15 is 0 Å². The van der Waals surface area contributed by atoms with E-state index < -0.39 is 4.92 Å². The number of H-pyrrole nitrogens is 1. The number of nitrogens with one attached hydrogen (secondary N) is 2. The van der Waals surface area contributed by atoms with Crippen molar-refractivity contribution in [3.63, 3.8) is 0 Å². The number of aromatic nitrogens is 2. The van der Waals surface area contributed by atoms with Crippen molar-refractivity contribution in [2.24, 2.45) is 0 Å². The van der Waals surface area contributed by atoms with Crippen molar-refractivity contribution in [1.29, 1.82) is 0 Å². The fourth-order valence-electron chi connectivity index (χ4n) is 1.80. The van der Waals surface area contributed by atoms with Crippen LogP contribution in [0.3, 0.4) is 0 Å². The van der Waals surface area contributed by atoms with E-state index in [0.29, 0.717) is 12.3 Å². The molecular formula is C12H10N4O3. The number of furan rings is 1. The first kappa shape index (κ1) is 11.3. The van der Waals surface area contributed by atoms with Crippen molar-refractivity contribution in [3.8, 4) is 0 Å². The number of nitrogens with zero attached hydrogens (tertiary/aromatic N) is 2. The summed E-state index contributed by atoms with van der Waals surface area (Å²) in [6, 6.07) is 8.68. The van der Waals surface area contributed by atoms with Crippen molar-refractivity contribution in [3.05, 3.63) is 52.4 Å². The first-order valence-electron chi connectivity index (χ1n) is 5.62. The topological polar surface area (TPSA) is 97.0 Å². The van der Waals surface area contributed by atoms with E-state index in [1.807, 2.05) is 18.2 Å². The minimum Gasteiger partial charge on any atom is -0.404 e. The lowest BCUT2D eigenvalue weighted by atomic mass is 10.2. The number of fused-ring (bicyclic) bond motifs is 1. The number of anilines is 1. The van der Waals surface area contributed by atoms with Gasteiger partial charge in [-0.2, -0.15) is 5.10 Å². The third kappa shape index (κ3) is 2.25. The first-order valence-corrected chi connectivity index (χ1v) is 5.62. The quantitative estimate of drug-likeness (QED) is 0.554. The molecule has 0 saturated carbocycles. The van der Waals surface area contributed by atoms with Gasteiger partial charge in [-0.15, -0.1) is 0 Å². The lowest BCUT2D eigenvalue weighted by Crippen LogP contribution is -1.97.